The molecule has 0 spiro atoms. The Labute approximate surface area is 314 Å². The maximum Gasteiger partial charge on any atom is 0.0624 e. The van der Waals surface area contributed by atoms with E-state index in [-0.39, 0.29) is 0 Å². The van der Waals surface area contributed by atoms with Crippen molar-refractivity contribution in [3.63, 3.8) is 0 Å². The van der Waals surface area contributed by atoms with Crippen LogP contribution in [0.4, 0.5) is 0 Å². The van der Waals surface area contributed by atoms with Crippen molar-refractivity contribution in [2.45, 2.75) is 134 Å². The predicted molar refractivity (Wildman–Crippen MR) is 220 cm³/mol. The number of rotatable bonds is 12. The van der Waals surface area contributed by atoms with Gasteiger partial charge < -0.3 is 0 Å². The van der Waals surface area contributed by atoms with E-state index in [1.165, 1.54) is 77.0 Å². The molecule has 4 heterocycles. The zero-order chi connectivity index (χ0) is 28.6. The Morgan fingerprint density at radius 1 is 0.575 bits per heavy atom. The van der Waals surface area contributed by atoms with Gasteiger partial charge in [0.05, 0.1) is 10.5 Å². The van der Waals surface area contributed by atoms with Gasteiger partial charge in [0.15, 0.2) is 0 Å². The van der Waals surface area contributed by atoms with Crippen LogP contribution in [0.5, 0.6) is 0 Å². The predicted octanol–water partition coefficient (Wildman–Crippen LogP) is 14.0. The molecule has 40 heavy (non-hydrogen) atoms. The molecule has 0 saturated carbocycles. The first kappa shape index (κ1) is 34.1. The van der Waals surface area contributed by atoms with Gasteiger partial charge in [-0.05, 0) is 94.9 Å². The fourth-order valence-electron chi connectivity index (χ4n) is 6.37. The average Bonchev–Trinajstić information content (AvgIpc) is 3.63. The van der Waals surface area contributed by atoms with Crippen LogP contribution in [0.2, 0.25) is 0 Å². The van der Waals surface area contributed by atoms with Crippen LogP contribution in [-0.2, 0) is 12.8 Å². The quantitative estimate of drug-likeness (QED) is 0.118. The molecule has 0 amide bonds. The lowest BCUT2D eigenvalue weighted by Crippen LogP contribution is -2.20. The molecule has 2 aliphatic heterocycles. The maximum absolute atomic E-state index is 2.90. The summed E-state index contributed by atoms with van der Waals surface area (Å²) < 4.78 is 4.50. The van der Waals surface area contributed by atoms with Crippen LogP contribution in [-0.4, -0.2) is 18.3 Å². The first-order valence-corrected chi connectivity index (χ1v) is 23.5. The van der Waals surface area contributed by atoms with E-state index >= 15 is 0 Å². The van der Waals surface area contributed by atoms with Crippen LogP contribution in [0.1, 0.15) is 122 Å². The highest BCUT2D eigenvalue weighted by molar-refractivity contribution is 14.1. The summed E-state index contributed by atoms with van der Waals surface area (Å²) in [6.07, 6.45) is 15.7. The Bertz CT molecular complexity index is 1120. The number of thiophene rings is 2. The molecule has 6 unspecified atom stereocenters. The maximum atomic E-state index is 2.90. The third-order valence-corrected chi connectivity index (χ3v) is 21.9. The van der Waals surface area contributed by atoms with E-state index in [0.29, 0.717) is 18.3 Å². The molecule has 0 bridgehead atoms. The Hall–Kier alpha value is 2.76. The van der Waals surface area contributed by atoms with Crippen molar-refractivity contribution in [1.29, 1.82) is 0 Å². The molecule has 2 saturated heterocycles. The Morgan fingerprint density at radius 3 is 1.30 bits per heavy atom. The van der Waals surface area contributed by atoms with Crippen LogP contribution >= 0.6 is 137 Å². The van der Waals surface area contributed by atoms with Crippen molar-refractivity contribution >= 4 is 137 Å². The van der Waals surface area contributed by atoms with Crippen LogP contribution in [0.3, 0.4) is 0 Å². The van der Waals surface area contributed by atoms with Gasteiger partial charge in [0.2, 0.25) is 0 Å². The summed E-state index contributed by atoms with van der Waals surface area (Å²) in [6, 6.07) is 0. The minimum Gasteiger partial charge on any atom is -0.143 e. The standard InChI is InChI=1S/C32H42I4S4/c1-5-9-13-17-25(33)21-22-26(34)18(14-10-6-2)39-31(22)32-24(28(36)20(40-32)16-12-8-4)23-27(35)19(15-11-7-3)38-30(23)29(21)37-17/h17-18,25-26,29,31H,5-16H2,1-4H3. The summed E-state index contributed by atoms with van der Waals surface area (Å²) in [5.41, 5.74) is 7.03. The first-order valence-electron chi connectivity index (χ1n) is 15.3. The summed E-state index contributed by atoms with van der Waals surface area (Å²) in [7, 11) is 0. The smallest absolute Gasteiger partial charge is 0.0624 e. The molecule has 8 heteroatoms. The van der Waals surface area contributed by atoms with E-state index in [9.17, 15) is 0 Å². The van der Waals surface area contributed by atoms with E-state index in [1.54, 1.807) is 37.8 Å². The lowest BCUT2D eigenvalue weighted by molar-refractivity contribution is 0.688. The second kappa shape index (κ2) is 15.6. The second-order valence-electron chi connectivity index (χ2n) is 11.5. The molecule has 0 radical (unpaired) electrons. The van der Waals surface area contributed by atoms with Gasteiger partial charge in [-0.3, -0.25) is 0 Å². The van der Waals surface area contributed by atoms with Gasteiger partial charge >= 0.3 is 0 Å². The number of thioether (sulfide) groups is 2. The number of fused-ring (bicyclic) bond motifs is 7. The Kier molecular flexibility index (Phi) is 13.3. The Morgan fingerprint density at radius 2 is 0.950 bits per heavy atom. The highest BCUT2D eigenvalue weighted by Gasteiger charge is 2.51. The van der Waals surface area contributed by atoms with Crippen molar-refractivity contribution in [2.24, 2.45) is 0 Å². The number of alkyl halides is 2. The second-order valence-corrected chi connectivity index (χ2v) is 21.3. The molecule has 2 aromatic heterocycles. The van der Waals surface area contributed by atoms with Crippen molar-refractivity contribution in [3.8, 4) is 11.1 Å². The van der Waals surface area contributed by atoms with E-state index in [1.807, 2.05) is 11.1 Å². The summed E-state index contributed by atoms with van der Waals surface area (Å²) in [5.74, 6) is 0. The van der Waals surface area contributed by atoms with E-state index in [2.05, 4.69) is 164 Å². The SMILES string of the molecule is CCCCc1sc2c(c1I)-c1c(sc(CCCC)c1I)C1SC(CCCC)C(I)C1=C1C2SC(CCCC)C1I. The molecular weight excluding hydrogens is 1020 g/mol. The molecule has 0 aromatic carbocycles. The van der Waals surface area contributed by atoms with Gasteiger partial charge in [-0.15, -0.1) is 46.2 Å². The van der Waals surface area contributed by atoms with Gasteiger partial charge in [0.25, 0.3) is 0 Å². The van der Waals surface area contributed by atoms with Gasteiger partial charge in [-0.2, -0.15) is 0 Å². The normalized spacial score (nSPS) is 27.4. The molecule has 6 atom stereocenters. The summed E-state index contributed by atoms with van der Waals surface area (Å²) in [5, 5.41) is 2.60. The largest absolute Gasteiger partial charge is 0.143 e. The minimum atomic E-state index is 0.552. The number of hydrogen-bond acceptors (Lipinski definition) is 4. The van der Waals surface area contributed by atoms with Crippen molar-refractivity contribution in [2.75, 3.05) is 0 Å². The number of halogens is 4. The first-order chi connectivity index (χ1) is 19.4. The summed E-state index contributed by atoms with van der Waals surface area (Å²) in [4.78, 5) is 6.75. The third kappa shape index (κ3) is 6.61. The Balaban J connectivity index is 1.76. The zero-order valence-electron chi connectivity index (χ0n) is 24.1. The highest BCUT2D eigenvalue weighted by Crippen LogP contribution is 2.67. The summed E-state index contributed by atoms with van der Waals surface area (Å²) >= 11 is 20.5. The molecule has 1 aliphatic carbocycles. The van der Waals surface area contributed by atoms with E-state index in [4.69, 9.17) is 0 Å². The lowest BCUT2D eigenvalue weighted by atomic mass is 9.87. The molecule has 0 N–H and O–H groups in total. The molecule has 5 rings (SSSR count). The molecule has 222 valence electrons. The fourth-order valence-corrected chi connectivity index (χ4v) is 19.0. The zero-order valence-corrected chi connectivity index (χ0v) is 36.0. The molecule has 0 nitrogen and oxygen atoms in total. The van der Waals surface area contributed by atoms with Crippen molar-refractivity contribution in [3.05, 3.63) is 37.8 Å². The van der Waals surface area contributed by atoms with E-state index < -0.39 is 0 Å². The van der Waals surface area contributed by atoms with Gasteiger partial charge in [-0.25, -0.2) is 0 Å². The van der Waals surface area contributed by atoms with Crippen molar-refractivity contribution < 1.29 is 0 Å². The van der Waals surface area contributed by atoms with Gasteiger partial charge in [0, 0.05) is 56.1 Å². The summed E-state index contributed by atoms with van der Waals surface area (Å²) in [6.45, 7) is 9.42. The minimum absolute atomic E-state index is 0.552. The van der Waals surface area contributed by atoms with Gasteiger partial charge in [-0.1, -0.05) is 111 Å². The van der Waals surface area contributed by atoms with Crippen molar-refractivity contribution in [1.82, 2.24) is 0 Å². The van der Waals surface area contributed by atoms with Crippen LogP contribution in [0.25, 0.3) is 11.1 Å². The number of aryl methyl sites for hydroxylation is 2. The number of unbranched alkanes of at least 4 members (excludes halogenated alkanes) is 4. The van der Waals surface area contributed by atoms with Gasteiger partial charge in [0.1, 0.15) is 0 Å². The fraction of sp³-hybridized carbons (Fsp3) is 0.688. The monoisotopic (exact) mass is 1060 g/mol. The van der Waals surface area contributed by atoms with Crippen LogP contribution < -0.4 is 0 Å². The van der Waals surface area contributed by atoms with E-state index in [0.717, 1.165) is 10.5 Å². The molecule has 3 aliphatic rings. The highest BCUT2D eigenvalue weighted by atomic mass is 127. The lowest BCUT2D eigenvalue weighted by Gasteiger charge is -2.26. The molecule has 2 fully saturated rings. The van der Waals surface area contributed by atoms with Crippen LogP contribution in [0.15, 0.2) is 11.1 Å². The average molecular weight is 1060 g/mol. The number of hydrogen-bond donors (Lipinski definition) is 0. The van der Waals surface area contributed by atoms with Crippen LogP contribution in [0, 0.1) is 7.14 Å². The third-order valence-electron chi connectivity index (χ3n) is 8.58. The molecule has 2 aromatic rings. The molecular formula is C32H42I4S4. The topological polar surface area (TPSA) is 0 Å².